The number of imidazole rings is 7. The second-order valence-electron chi connectivity index (χ2n) is 16.2. The van der Waals surface area contributed by atoms with E-state index in [0.717, 1.165) is 61.8 Å². The van der Waals surface area contributed by atoms with Crippen LogP contribution >= 0.6 is 22.7 Å². The Balaban J connectivity index is 0.000000495. The Morgan fingerprint density at radius 3 is 1.44 bits per heavy atom. The van der Waals surface area contributed by atoms with E-state index in [9.17, 15) is 0 Å². The first kappa shape index (κ1) is 78.4. The zero-order chi connectivity index (χ0) is 55.2. The molecule has 0 spiro atoms. The molecule has 86 heavy (non-hydrogen) atoms. The van der Waals surface area contributed by atoms with Crippen molar-refractivity contribution in [2.75, 3.05) is 0 Å². The summed E-state index contributed by atoms with van der Waals surface area (Å²) in [4.78, 5) is 38.0. The minimum Gasteiger partial charge on any atom is -0.501 e. The van der Waals surface area contributed by atoms with Gasteiger partial charge in [0, 0.05) is 272 Å². The number of aromatic nitrogens is 22. The van der Waals surface area contributed by atoms with Gasteiger partial charge < -0.3 is 56.6 Å². The smallest absolute Gasteiger partial charge is 0.127 e. The van der Waals surface area contributed by atoms with Gasteiger partial charge in [-0.25, -0.2) is 39.5 Å². The Hall–Kier alpha value is -5.65. The Morgan fingerprint density at radius 1 is 0.419 bits per heavy atom. The first-order valence-electron chi connectivity index (χ1n) is 23.8. The molecule has 0 saturated heterocycles. The molecular formula is C55H51Ir7N22S2-7. The molecule has 31 heteroatoms. The summed E-state index contributed by atoms with van der Waals surface area (Å²) in [6.07, 6.45) is 46.3. The topological polar surface area (TPSA) is 204 Å². The molecule has 14 rings (SSSR count). The standard InChI is InChI=1S/2C9H8N3.C8H9N4.C8H7N2S.2C7H7N4.C7H5N2S.7Ir/c1-12-7-6-11-9(12)8-2-4-10-5-3-8;1-12-6-5-11-9(12)8-3-2-4-10-7-8;1-11-5-7(10-6-11)8-9-3-4-12(8)2;1-10-5-4-9-8(10)7-3-2-6-11-7;1-10-6-4-8-7(10)11-5-2-3-9-11;1-10-5-7(8-6-10)11-4-2-3-9-11;1-3-7(10-6-1)9-5-2-4-8-9;;;;;;;/h2*2,4-7H,1H3;3-4,6H,1-2H3;2,4-6H,1H3;2*2-4,6H,1H3;1-2,4-6H;;;;;;;/q7*-1;;;;;;;. The fraction of sp³-hybridized carbons (Fsp3) is 0.127. The Bertz CT molecular complexity index is 3670. The van der Waals surface area contributed by atoms with Crippen LogP contribution < -0.4 is 0 Å². The number of pyridine rings is 2. The van der Waals surface area contributed by atoms with Crippen LogP contribution in [0.2, 0.25) is 0 Å². The van der Waals surface area contributed by atoms with Gasteiger partial charge in [-0.05, 0) is 57.7 Å². The summed E-state index contributed by atoms with van der Waals surface area (Å²) < 4.78 is 18.3. The van der Waals surface area contributed by atoms with Crippen LogP contribution in [0.1, 0.15) is 0 Å². The number of hydrogen-bond donors (Lipinski definition) is 0. The van der Waals surface area contributed by atoms with Crippen molar-refractivity contribution in [1.29, 1.82) is 0 Å². The molecular weight excluding hydrogens is 2380 g/mol. The van der Waals surface area contributed by atoms with Crippen LogP contribution in [-0.4, -0.2) is 106 Å². The van der Waals surface area contributed by atoms with Crippen LogP contribution in [0.15, 0.2) is 184 Å². The minimum atomic E-state index is 0. The first-order chi connectivity index (χ1) is 38.6. The Labute approximate surface area is 600 Å². The molecule has 0 aliphatic rings. The summed E-state index contributed by atoms with van der Waals surface area (Å²) in [5.41, 5.74) is 2.67. The van der Waals surface area contributed by atoms with Crippen molar-refractivity contribution in [3.05, 3.63) is 226 Å². The fourth-order valence-electron chi connectivity index (χ4n) is 6.69. The van der Waals surface area contributed by atoms with Crippen LogP contribution in [0.4, 0.5) is 0 Å². The van der Waals surface area contributed by atoms with E-state index >= 15 is 0 Å². The van der Waals surface area contributed by atoms with Gasteiger partial charge in [0.2, 0.25) is 0 Å². The quantitative estimate of drug-likeness (QED) is 0.141. The largest absolute Gasteiger partial charge is 0.501 e. The van der Waals surface area contributed by atoms with E-state index in [2.05, 4.69) is 103 Å². The van der Waals surface area contributed by atoms with E-state index in [0.29, 0.717) is 0 Å². The molecule has 0 atom stereocenters. The second kappa shape index (κ2) is 41.5. The van der Waals surface area contributed by atoms with Crippen LogP contribution in [0.5, 0.6) is 0 Å². The summed E-state index contributed by atoms with van der Waals surface area (Å²) in [6, 6.07) is 25.2. The molecule has 0 unspecified atom stereocenters. The first-order valence-corrected chi connectivity index (χ1v) is 25.5. The second-order valence-corrected chi connectivity index (χ2v) is 18.0. The van der Waals surface area contributed by atoms with Crippen molar-refractivity contribution in [2.24, 2.45) is 49.3 Å². The van der Waals surface area contributed by atoms with Gasteiger partial charge in [0.25, 0.3) is 0 Å². The van der Waals surface area contributed by atoms with Gasteiger partial charge in [-0.15, -0.1) is 41.4 Å². The molecule has 14 aromatic rings. The maximum Gasteiger partial charge on any atom is 0.127 e. The summed E-state index contributed by atoms with van der Waals surface area (Å²) in [5.74, 6) is 5.13. The van der Waals surface area contributed by atoms with Gasteiger partial charge in [-0.3, -0.25) is 34.7 Å². The third-order valence-corrected chi connectivity index (χ3v) is 12.1. The molecule has 0 aliphatic heterocycles. The molecule has 22 nitrogen and oxygen atoms in total. The Morgan fingerprint density at radius 2 is 0.988 bits per heavy atom. The molecule has 0 saturated carbocycles. The normalized spacial score (nSPS) is 9.38. The van der Waals surface area contributed by atoms with Gasteiger partial charge in [0.1, 0.15) is 5.95 Å². The van der Waals surface area contributed by atoms with Gasteiger partial charge in [0.05, 0.1) is 17.5 Å². The number of thiophene rings is 2. The Kier molecular flexibility index (Phi) is 37.8. The van der Waals surface area contributed by atoms with Gasteiger partial charge in [-0.2, -0.15) is 33.8 Å². The van der Waals surface area contributed by atoms with Crippen molar-refractivity contribution in [3.63, 3.8) is 0 Å². The van der Waals surface area contributed by atoms with E-state index in [1.807, 2.05) is 157 Å². The summed E-state index contributed by atoms with van der Waals surface area (Å²) >= 11 is 3.28. The summed E-state index contributed by atoms with van der Waals surface area (Å²) in [6.45, 7) is 0. The monoisotopic (exact) mass is 2430 g/mol. The molecule has 14 aromatic heterocycles. The summed E-state index contributed by atoms with van der Waals surface area (Å²) in [7, 11) is 13.5. The molecule has 14 heterocycles. The third kappa shape index (κ3) is 23.5. The molecule has 0 aliphatic carbocycles. The third-order valence-electron chi connectivity index (χ3n) is 10.5. The predicted octanol–water partition coefficient (Wildman–Crippen LogP) is 7.66. The van der Waals surface area contributed by atoms with Crippen molar-refractivity contribution in [3.8, 4) is 61.8 Å². The molecule has 0 bridgehead atoms. The number of aryl methyl sites for hydroxylation is 7. The van der Waals surface area contributed by atoms with Gasteiger partial charge >= 0.3 is 0 Å². The van der Waals surface area contributed by atoms with Crippen LogP contribution in [0, 0.1) is 42.9 Å². The number of rotatable bonds is 7. The average Bonchev–Trinajstić information content (AvgIpc) is 4.18. The maximum absolute atomic E-state index is 4.20. The van der Waals surface area contributed by atoms with E-state index in [-0.39, 0.29) is 141 Å². The number of nitrogens with zero attached hydrogens (tertiary/aromatic N) is 22. The predicted molar refractivity (Wildman–Crippen MR) is 299 cm³/mol. The molecule has 0 aromatic carbocycles. The van der Waals surface area contributed by atoms with Crippen molar-refractivity contribution < 1.29 is 141 Å². The fourth-order valence-corrected chi connectivity index (χ4v) is 8.01. The van der Waals surface area contributed by atoms with Gasteiger partial charge in [0.15, 0.2) is 0 Å². The van der Waals surface area contributed by atoms with E-state index in [1.54, 1.807) is 145 Å². The summed E-state index contributed by atoms with van der Waals surface area (Å²) in [5, 5.41) is 17.1. The SMILES string of the molecule is Cn1[c-]c(-c2nccn2C)nc1.Cn1[c-]c(-n2cccn2)nc1.Cn1ccnc1-c1[c-]ccnc1.Cn1ccnc1-c1[c-]ccs1.Cn1ccnc1-c1[c-]cncc1.Cn1ccnc1-n1[c-]ccn1.[Ir].[Ir].[Ir].[Ir].[Ir].[Ir].[Ir].[c-]1ccsc1-n1cccn1. The zero-order valence-corrected chi connectivity index (χ0v) is 64.7. The van der Waals surface area contributed by atoms with Crippen LogP contribution in [0.25, 0.3) is 61.8 Å². The molecule has 7 radical (unpaired) electrons. The van der Waals surface area contributed by atoms with E-state index in [4.69, 9.17) is 0 Å². The maximum atomic E-state index is 4.20. The van der Waals surface area contributed by atoms with Crippen LogP contribution in [-0.2, 0) is 190 Å². The molecule has 0 N–H and O–H groups in total. The van der Waals surface area contributed by atoms with E-state index in [1.165, 1.54) is 0 Å². The van der Waals surface area contributed by atoms with Crippen molar-refractivity contribution >= 4 is 22.7 Å². The number of hydrogen-bond acceptors (Lipinski definition) is 14. The molecule has 0 fully saturated rings. The average molecular weight is 2430 g/mol. The van der Waals surface area contributed by atoms with Crippen molar-refractivity contribution in [2.45, 2.75) is 0 Å². The van der Waals surface area contributed by atoms with Crippen LogP contribution in [0.3, 0.4) is 0 Å². The molecule has 463 valence electrons. The van der Waals surface area contributed by atoms with E-state index < -0.39 is 0 Å². The zero-order valence-electron chi connectivity index (χ0n) is 46.3. The molecule has 0 amide bonds. The van der Waals surface area contributed by atoms with Crippen molar-refractivity contribution in [1.82, 2.24) is 106 Å². The van der Waals surface area contributed by atoms with Gasteiger partial charge in [-0.1, -0.05) is 47.8 Å². The minimum absolute atomic E-state index is 0.